The van der Waals surface area contributed by atoms with Crippen molar-refractivity contribution in [2.45, 2.75) is 44.6 Å². The number of thiazole rings is 1. The molecular weight excluding hydrogens is 222 g/mol. The summed E-state index contributed by atoms with van der Waals surface area (Å²) in [5.41, 5.74) is 1.18. The van der Waals surface area contributed by atoms with E-state index < -0.39 is 0 Å². The van der Waals surface area contributed by atoms with Crippen molar-refractivity contribution in [1.29, 1.82) is 0 Å². The molecule has 4 nitrogen and oxygen atoms in total. The summed E-state index contributed by atoms with van der Waals surface area (Å²) in [6.45, 7) is 0. The molecule has 1 fully saturated rings. The molecule has 16 heavy (non-hydrogen) atoms. The van der Waals surface area contributed by atoms with Gasteiger partial charge < -0.3 is 5.32 Å². The van der Waals surface area contributed by atoms with Gasteiger partial charge >= 0.3 is 6.03 Å². The molecule has 2 aliphatic rings. The standard InChI is InChI=1S/C11H15N3OS/c15-10(12-7-3-1-4-7)14-11-13-8-5-2-6-9(8)16-11/h7H,1-6H2,(H2,12,13,14,15). The first-order chi connectivity index (χ1) is 7.81. The Morgan fingerprint density at radius 2 is 2.19 bits per heavy atom. The van der Waals surface area contributed by atoms with E-state index in [1.165, 1.54) is 23.4 Å². The number of nitrogens with zero attached hydrogens (tertiary/aromatic N) is 1. The van der Waals surface area contributed by atoms with Crippen LogP contribution in [0.4, 0.5) is 9.93 Å². The molecular formula is C11H15N3OS. The fourth-order valence-electron chi connectivity index (χ4n) is 2.12. The molecule has 0 aromatic carbocycles. The van der Waals surface area contributed by atoms with Crippen molar-refractivity contribution in [2.24, 2.45) is 0 Å². The van der Waals surface area contributed by atoms with Crippen LogP contribution in [0.5, 0.6) is 0 Å². The van der Waals surface area contributed by atoms with Gasteiger partial charge in [-0.2, -0.15) is 0 Å². The fraction of sp³-hybridized carbons (Fsp3) is 0.636. The molecule has 5 heteroatoms. The molecule has 1 heterocycles. The summed E-state index contributed by atoms with van der Waals surface area (Å²) in [6, 6.07) is 0.281. The molecule has 0 unspecified atom stereocenters. The van der Waals surface area contributed by atoms with Crippen LogP contribution in [0, 0.1) is 0 Å². The largest absolute Gasteiger partial charge is 0.335 e. The molecule has 0 atom stereocenters. The molecule has 2 aliphatic carbocycles. The van der Waals surface area contributed by atoms with Gasteiger partial charge in [0.2, 0.25) is 0 Å². The van der Waals surface area contributed by atoms with E-state index in [0.29, 0.717) is 6.04 Å². The Morgan fingerprint density at radius 3 is 2.88 bits per heavy atom. The molecule has 0 bridgehead atoms. The Balaban J connectivity index is 1.58. The van der Waals surface area contributed by atoms with Gasteiger partial charge in [-0.05, 0) is 38.5 Å². The number of aromatic nitrogens is 1. The zero-order valence-electron chi connectivity index (χ0n) is 9.08. The third-order valence-electron chi connectivity index (χ3n) is 3.26. The highest BCUT2D eigenvalue weighted by Gasteiger charge is 2.21. The van der Waals surface area contributed by atoms with Crippen molar-refractivity contribution < 1.29 is 4.79 Å². The molecule has 86 valence electrons. The third kappa shape index (κ3) is 1.91. The van der Waals surface area contributed by atoms with Crippen LogP contribution in [0.15, 0.2) is 0 Å². The highest BCUT2D eigenvalue weighted by atomic mass is 32.1. The van der Waals surface area contributed by atoms with Gasteiger partial charge in [0, 0.05) is 10.9 Å². The summed E-state index contributed by atoms with van der Waals surface area (Å²) in [5.74, 6) is 0. The van der Waals surface area contributed by atoms with Gasteiger partial charge in [-0.15, -0.1) is 11.3 Å². The summed E-state index contributed by atoms with van der Waals surface area (Å²) in [4.78, 5) is 17.4. The molecule has 2 amide bonds. The highest BCUT2D eigenvalue weighted by molar-refractivity contribution is 7.15. The molecule has 0 saturated heterocycles. The molecule has 0 spiro atoms. The predicted molar refractivity (Wildman–Crippen MR) is 63.9 cm³/mol. The molecule has 1 aromatic heterocycles. The monoisotopic (exact) mass is 237 g/mol. The highest BCUT2D eigenvalue weighted by Crippen LogP contribution is 2.30. The second-order valence-electron chi connectivity index (χ2n) is 4.47. The van der Waals surface area contributed by atoms with Crippen molar-refractivity contribution in [3.05, 3.63) is 10.6 Å². The average molecular weight is 237 g/mol. The Hall–Kier alpha value is -1.10. The SMILES string of the molecule is O=C(Nc1nc2c(s1)CCC2)NC1CCC1. The summed E-state index contributed by atoms with van der Waals surface area (Å²) in [7, 11) is 0. The number of fused-ring (bicyclic) bond motifs is 1. The Labute approximate surface area is 98.5 Å². The summed E-state index contributed by atoms with van der Waals surface area (Å²) in [5, 5.41) is 6.53. The van der Waals surface area contributed by atoms with Crippen LogP contribution in [-0.2, 0) is 12.8 Å². The fourth-order valence-corrected chi connectivity index (χ4v) is 3.16. The maximum absolute atomic E-state index is 11.6. The normalized spacial score (nSPS) is 19.0. The Bertz CT molecular complexity index is 390. The molecule has 2 N–H and O–H groups in total. The maximum Gasteiger partial charge on any atom is 0.321 e. The summed E-state index contributed by atoms with van der Waals surface area (Å²) in [6.07, 6.45) is 6.86. The Morgan fingerprint density at radius 1 is 1.31 bits per heavy atom. The van der Waals surface area contributed by atoms with Crippen molar-refractivity contribution >= 4 is 22.5 Å². The molecule has 1 saturated carbocycles. The number of urea groups is 1. The molecule has 1 aromatic rings. The minimum absolute atomic E-state index is 0.0999. The van der Waals surface area contributed by atoms with Crippen LogP contribution in [0.25, 0.3) is 0 Å². The predicted octanol–water partition coefficient (Wildman–Crippen LogP) is 2.31. The van der Waals surface area contributed by atoms with E-state index in [9.17, 15) is 4.79 Å². The van der Waals surface area contributed by atoms with Crippen molar-refractivity contribution in [1.82, 2.24) is 10.3 Å². The number of hydrogen-bond donors (Lipinski definition) is 2. The lowest BCUT2D eigenvalue weighted by Crippen LogP contribution is -2.41. The van der Waals surface area contributed by atoms with Gasteiger partial charge in [0.25, 0.3) is 0 Å². The van der Waals surface area contributed by atoms with Crippen molar-refractivity contribution in [2.75, 3.05) is 5.32 Å². The van der Waals surface area contributed by atoms with Gasteiger partial charge in [0.1, 0.15) is 0 Å². The van der Waals surface area contributed by atoms with E-state index in [2.05, 4.69) is 15.6 Å². The lowest BCUT2D eigenvalue weighted by Gasteiger charge is -2.26. The van der Waals surface area contributed by atoms with Gasteiger partial charge in [-0.1, -0.05) is 0 Å². The van der Waals surface area contributed by atoms with Gasteiger partial charge in [-0.25, -0.2) is 9.78 Å². The van der Waals surface area contributed by atoms with E-state index in [0.717, 1.165) is 30.8 Å². The second-order valence-corrected chi connectivity index (χ2v) is 5.55. The summed E-state index contributed by atoms with van der Waals surface area (Å²) < 4.78 is 0. The van der Waals surface area contributed by atoms with E-state index in [1.807, 2.05) is 0 Å². The zero-order valence-corrected chi connectivity index (χ0v) is 9.90. The van der Waals surface area contributed by atoms with E-state index in [1.54, 1.807) is 11.3 Å². The van der Waals surface area contributed by atoms with E-state index in [-0.39, 0.29) is 6.03 Å². The van der Waals surface area contributed by atoms with E-state index >= 15 is 0 Å². The minimum atomic E-state index is -0.0999. The van der Waals surface area contributed by atoms with Crippen LogP contribution in [0.1, 0.15) is 36.3 Å². The minimum Gasteiger partial charge on any atom is -0.335 e. The van der Waals surface area contributed by atoms with Gasteiger partial charge in [0.15, 0.2) is 5.13 Å². The third-order valence-corrected chi connectivity index (χ3v) is 4.33. The number of anilines is 1. The first-order valence-corrected chi connectivity index (χ1v) is 6.69. The zero-order chi connectivity index (χ0) is 11.0. The van der Waals surface area contributed by atoms with Gasteiger partial charge in [-0.3, -0.25) is 5.32 Å². The van der Waals surface area contributed by atoms with Crippen molar-refractivity contribution in [3.63, 3.8) is 0 Å². The number of amides is 2. The number of carbonyl (C=O) groups is 1. The Kier molecular flexibility index (Phi) is 2.55. The van der Waals surface area contributed by atoms with Crippen LogP contribution in [0.2, 0.25) is 0 Å². The lowest BCUT2D eigenvalue weighted by atomic mass is 9.93. The van der Waals surface area contributed by atoms with Crippen molar-refractivity contribution in [3.8, 4) is 0 Å². The molecule has 0 aliphatic heterocycles. The van der Waals surface area contributed by atoms with Crippen LogP contribution in [-0.4, -0.2) is 17.1 Å². The number of carbonyl (C=O) groups excluding carboxylic acids is 1. The first-order valence-electron chi connectivity index (χ1n) is 5.87. The van der Waals surface area contributed by atoms with Crippen LogP contribution < -0.4 is 10.6 Å². The quantitative estimate of drug-likeness (QED) is 0.829. The summed E-state index contributed by atoms with van der Waals surface area (Å²) >= 11 is 1.62. The van der Waals surface area contributed by atoms with E-state index in [4.69, 9.17) is 0 Å². The lowest BCUT2D eigenvalue weighted by molar-refractivity contribution is 0.240. The van der Waals surface area contributed by atoms with Gasteiger partial charge in [0.05, 0.1) is 5.69 Å². The number of hydrogen-bond acceptors (Lipinski definition) is 3. The molecule has 0 radical (unpaired) electrons. The van der Waals surface area contributed by atoms with Crippen LogP contribution in [0.3, 0.4) is 0 Å². The maximum atomic E-state index is 11.6. The number of nitrogens with one attached hydrogen (secondary N) is 2. The smallest absolute Gasteiger partial charge is 0.321 e. The van der Waals surface area contributed by atoms with Crippen LogP contribution >= 0.6 is 11.3 Å². The molecule has 3 rings (SSSR count). The second kappa shape index (κ2) is 4.05. The first kappa shape index (κ1) is 10.1. The topological polar surface area (TPSA) is 54.0 Å². The average Bonchev–Trinajstić information content (AvgIpc) is 2.71. The number of rotatable bonds is 2. The number of aryl methyl sites for hydroxylation is 2.